The Hall–Kier alpha value is -3.93. The average Bonchev–Trinajstić information content (AvgIpc) is 3.21. The van der Waals surface area contributed by atoms with E-state index >= 15 is 0 Å². The number of ether oxygens (including phenoxy) is 1. The first-order valence-corrected chi connectivity index (χ1v) is 11.1. The number of aryl methyl sites for hydroxylation is 1. The average molecular weight is 440 g/mol. The van der Waals surface area contributed by atoms with Crippen LogP contribution in [-0.2, 0) is 20.9 Å². The van der Waals surface area contributed by atoms with E-state index in [9.17, 15) is 9.59 Å². The summed E-state index contributed by atoms with van der Waals surface area (Å²) in [6.07, 6.45) is 0. The van der Waals surface area contributed by atoms with Crippen LogP contribution < -0.4 is 4.90 Å². The number of para-hydroxylation sites is 2. The van der Waals surface area contributed by atoms with Crippen molar-refractivity contribution in [1.29, 1.82) is 0 Å². The number of anilines is 1. The number of esters is 1. The summed E-state index contributed by atoms with van der Waals surface area (Å²) in [5.74, 6) is -1.29. The molecule has 1 aliphatic heterocycles. The van der Waals surface area contributed by atoms with Crippen LogP contribution in [0.3, 0.4) is 0 Å². The van der Waals surface area contributed by atoms with Gasteiger partial charge in [0.1, 0.15) is 0 Å². The van der Waals surface area contributed by atoms with Crippen molar-refractivity contribution in [2.45, 2.75) is 26.4 Å². The molecule has 0 fully saturated rings. The molecule has 0 saturated carbocycles. The molecule has 2 heterocycles. The summed E-state index contributed by atoms with van der Waals surface area (Å²) in [7, 11) is 0. The minimum Gasteiger partial charge on any atom is -0.465 e. The number of aromatic nitrogens is 2. The van der Waals surface area contributed by atoms with Crippen LogP contribution in [-0.4, -0.2) is 28.0 Å². The number of nitrogens with zero attached hydrogens (tertiary/aromatic N) is 3. The van der Waals surface area contributed by atoms with Crippen LogP contribution in [0.1, 0.15) is 29.7 Å². The highest BCUT2D eigenvalue weighted by Crippen LogP contribution is 2.41. The van der Waals surface area contributed by atoms with Crippen molar-refractivity contribution >= 4 is 28.9 Å². The lowest BCUT2D eigenvalue weighted by Crippen LogP contribution is -2.49. The molecule has 1 amide bonds. The zero-order chi connectivity index (χ0) is 22.9. The van der Waals surface area contributed by atoms with Gasteiger partial charge in [-0.3, -0.25) is 14.5 Å². The summed E-state index contributed by atoms with van der Waals surface area (Å²) in [4.78, 5) is 33.6. The molecule has 166 valence electrons. The van der Waals surface area contributed by atoms with Gasteiger partial charge in [-0.1, -0.05) is 72.3 Å². The van der Waals surface area contributed by atoms with Crippen LogP contribution >= 0.6 is 0 Å². The van der Waals surface area contributed by atoms with E-state index < -0.39 is 17.9 Å². The van der Waals surface area contributed by atoms with Gasteiger partial charge in [0.25, 0.3) is 0 Å². The quantitative estimate of drug-likeness (QED) is 0.335. The number of carbonyl (C=O) groups is 2. The van der Waals surface area contributed by atoms with Gasteiger partial charge in [0.15, 0.2) is 5.92 Å². The lowest BCUT2D eigenvalue weighted by atomic mass is 9.89. The zero-order valence-corrected chi connectivity index (χ0v) is 18.6. The summed E-state index contributed by atoms with van der Waals surface area (Å²) in [5.41, 5.74) is 4.59. The molecule has 0 N–H and O–H groups in total. The van der Waals surface area contributed by atoms with Crippen LogP contribution in [0.25, 0.3) is 11.0 Å². The number of amides is 1. The highest BCUT2D eigenvalue weighted by molar-refractivity contribution is 6.08. The van der Waals surface area contributed by atoms with Crippen LogP contribution in [0.4, 0.5) is 5.95 Å². The minimum absolute atomic E-state index is 0.208. The van der Waals surface area contributed by atoms with Gasteiger partial charge in [0.2, 0.25) is 11.9 Å². The lowest BCUT2D eigenvalue weighted by molar-refractivity contribution is -0.153. The summed E-state index contributed by atoms with van der Waals surface area (Å²) in [6.45, 7) is 4.29. The fraction of sp³-hybridized carbons (Fsp3) is 0.222. The first kappa shape index (κ1) is 20.9. The molecule has 5 rings (SSSR count). The maximum atomic E-state index is 13.9. The molecule has 3 aromatic carbocycles. The summed E-state index contributed by atoms with van der Waals surface area (Å²) >= 11 is 0. The van der Waals surface area contributed by atoms with Crippen LogP contribution in [0, 0.1) is 12.8 Å². The van der Waals surface area contributed by atoms with Gasteiger partial charge in [-0.2, -0.15) is 0 Å². The molecule has 0 spiro atoms. The molecule has 0 bridgehead atoms. The van der Waals surface area contributed by atoms with Crippen molar-refractivity contribution in [3.05, 3.63) is 95.6 Å². The molecular formula is C27H25N3O3. The Morgan fingerprint density at radius 2 is 1.67 bits per heavy atom. The molecule has 6 heteroatoms. The summed E-state index contributed by atoms with van der Waals surface area (Å²) < 4.78 is 7.43. The zero-order valence-electron chi connectivity index (χ0n) is 18.6. The Balaban J connectivity index is 1.75. The van der Waals surface area contributed by atoms with Crippen molar-refractivity contribution < 1.29 is 14.3 Å². The van der Waals surface area contributed by atoms with Crippen LogP contribution in [0.2, 0.25) is 0 Å². The molecule has 4 aromatic rings. The van der Waals surface area contributed by atoms with Crippen molar-refractivity contribution in [2.24, 2.45) is 5.92 Å². The van der Waals surface area contributed by atoms with Crippen LogP contribution in [0.5, 0.6) is 0 Å². The monoisotopic (exact) mass is 439 g/mol. The van der Waals surface area contributed by atoms with Gasteiger partial charge >= 0.3 is 5.97 Å². The second-order valence-electron chi connectivity index (χ2n) is 8.27. The Bertz CT molecular complexity index is 1310. The third kappa shape index (κ3) is 3.67. The van der Waals surface area contributed by atoms with Crippen molar-refractivity contribution in [3.8, 4) is 0 Å². The van der Waals surface area contributed by atoms with E-state index in [0.29, 0.717) is 12.5 Å². The third-order valence-corrected chi connectivity index (χ3v) is 6.09. The maximum Gasteiger partial charge on any atom is 0.321 e. The van der Waals surface area contributed by atoms with Crippen molar-refractivity contribution in [3.63, 3.8) is 0 Å². The number of carbonyl (C=O) groups excluding carboxylic acids is 2. The highest BCUT2D eigenvalue weighted by atomic mass is 16.5. The topological polar surface area (TPSA) is 64.4 Å². The molecule has 6 nitrogen and oxygen atoms in total. The molecule has 2 unspecified atom stereocenters. The van der Waals surface area contributed by atoms with Gasteiger partial charge in [0.05, 0.1) is 30.2 Å². The van der Waals surface area contributed by atoms with Crippen molar-refractivity contribution in [2.75, 3.05) is 11.5 Å². The molecule has 0 saturated heterocycles. The summed E-state index contributed by atoms with van der Waals surface area (Å²) in [5, 5.41) is 0. The SMILES string of the molecule is CCOC(=O)C1C(=O)N(Cc2ccccc2)c2nc3ccccc3n2C1c1ccc(C)cc1. The fourth-order valence-corrected chi connectivity index (χ4v) is 4.53. The number of fused-ring (bicyclic) bond motifs is 3. The van der Waals surface area contributed by atoms with E-state index in [0.717, 1.165) is 27.7 Å². The van der Waals surface area contributed by atoms with Crippen molar-refractivity contribution in [1.82, 2.24) is 9.55 Å². The Morgan fingerprint density at radius 1 is 0.970 bits per heavy atom. The van der Waals surface area contributed by atoms with E-state index in [1.165, 1.54) is 0 Å². The second kappa shape index (κ2) is 8.54. The molecule has 2 atom stereocenters. The molecule has 0 aliphatic carbocycles. The van der Waals surface area contributed by atoms with E-state index in [4.69, 9.17) is 9.72 Å². The van der Waals surface area contributed by atoms with E-state index in [1.807, 2.05) is 90.4 Å². The van der Waals surface area contributed by atoms with Gasteiger partial charge in [-0.05, 0) is 37.1 Å². The van der Waals surface area contributed by atoms with E-state index in [1.54, 1.807) is 11.8 Å². The molecule has 33 heavy (non-hydrogen) atoms. The molecule has 0 radical (unpaired) electrons. The minimum atomic E-state index is -1.01. The number of hydrogen-bond acceptors (Lipinski definition) is 4. The molecule has 1 aliphatic rings. The fourth-order valence-electron chi connectivity index (χ4n) is 4.53. The number of imidazole rings is 1. The Labute approximate surface area is 192 Å². The Morgan fingerprint density at radius 3 is 2.39 bits per heavy atom. The Kier molecular flexibility index (Phi) is 5.42. The molecule has 1 aromatic heterocycles. The normalized spacial score (nSPS) is 17.8. The number of benzene rings is 3. The first-order valence-electron chi connectivity index (χ1n) is 11.1. The summed E-state index contributed by atoms with van der Waals surface area (Å²) in [6, 6.07) is 24.9. The molecular weight excluding hydrogens is 414 g/mol. The predicted molar refractivity (Wildman–Crippen MR) is 127 cm³/mol. The second-order valence-corrected chi connectivity index (χ2v) is 8.27. The number of rotatable bonds is 5. The smallest absolute Gasteiger partial charge is 0.321 e. The largest absolute Gasteiger partial charge is 0.465 e. The van der Waals surface area contributed by atoms with Gasteiger partial charge < -0.3 is 9.30 Å². The van der Waals surface area contributed by atoms with Crippen LogP contribution in [0.15, 0.2) is 78.9 Å². The van der Waals surface area contributed by atoms with E-state index in [-0.39, 0.29) is 12.5 Å². The standard InChI is InChI=1S/C27H25N3O3/c1-3-33-26(32)23-24(20-15-13-18(2)14-16-20)30-22-12-8-7-11-21(22)28-27(30)29(25(23)31)17-19-9-5-4-6-10-19/h4-16,23-24H,3,17H2,1-2H3. The lowest BCUT2D eigenvalue weighted by Gasteiger charge is -2.38. The predicted octanol–water partition coefficient (Wildman–Crippen LogP) is 4.66. The first-order chi connectivity index (χ1) is 16.1. The van der Waals surface area contributed by atoms with Gasteiger partial charge in [0, 0.05) is 0 Å². The van der Waals surface area contributed by atoms with Gasteiger partial charge in [-0.25, -0.2) is 4.98 Å². The third-order valence-electron chi connectivity index (χ3n) is 6.09. The van der Waals surface area contributed by atoms with Gasteiger partial charge in [-0.15, -0.1) is 0 Å². The highest BCUT2D eigenvalue weighted by Gasteiger charge is 2.47. The van der Waals surface area contributed by atoms with E-state index in [2.05, 4.69) is 0 Å². The maximum absolute atomic E-state index is 13.9. The number of hydrogen-bond donors (Lipinski definition) is 0.